The molecule has 4 heteroatoms. The highest BCUT2D eigenvalue weighted by Gasteiger charge is 2.11. The molecule has 0 atom stereocenters. The lowest BCUT2D eigenvalue weighted by molar-refractivity contribution is -0.137. The molecule has 0 spiro atoms. The molecule has 0 aliphatic carbocycles. The number of hydrogen-bond donors (Lipinski definition) is 2. The Morgan fingerprint density at radius 2 is 2.13 bits per heavy atom. The van der Waals surface area contributed by atoms with Gasteiger partial charge < -0.3 is 15.3 Å². The second kappa shape index (κ2) is 3.65. The number of benzene rings is 1. The van der Waals surface area contributed by atoms with E-state index in [0.29, 0.717) is 23.5 Å². The van der Waals surface area contributed by atoms with Crippen molar-refractivity contribution in [3.63, 3.8) is 0 Å². The number of fused-ring (bicyclic) bond motifs is 1. The van der Waals surface area contributed by atoms with Crippen LogP contribution in [-0.2, 0) is 11.2 Å². The van der Waals surface area contributed by atoms with Crippen LogP contribution in [0.25, 0.3) is 11.0 Å². The Bertz CT molecular complexity index is 502. The zero-order chi connectivity index (χ0) is 10.8. The predicted octanol–water partition coefficient (Wildman–Crippen LogP) is 2.03. The van der Waals surface area contributed by atoms with Gasteiger partial charge in [-0.05, 0) is 12.1 Å². The molecule has 0 bridgehead atoms. The zero-order valence-corrected chi connectivity index (χ0v) is 8.06. The molecule has 1 heterocycles. The third-order valence-electron chi connectivity index (χ3n) is 2.28. The van der Waals surface area contributed by atoms with Crippen molar-refractivity contribution >= 4 is 22.6 Å². The largest absolute Gasteiger partial charge is 0.481 e. The minimum Gasteiger partial charge on any atom is -0.481 e. The van der Waals surface area contributed by atoms with Crippen molar-refractivity contribution in [2.24, 2.45) is 0 Å². The quantitative estimate of drug-likeness (QED) is 0.803. The summed E-state index contributed by atoms with van der Waals surface area (Å²) in [5, 5.41) is 9.40. The molecule has 0 aliphatic heterocycles. The van der Waals surface area contributed by atoms with Crippen LogP contribution >= 0.6 is 0 Å². The van der Waals surface area contributed by atoms with Crippen molar-refractivity contribution < 1.29 is 14.3 Å². The van der Waals surface area contributed by atoms with Crippen LogP contribution in [0.2, 0.25) is 0 Å². The lowest BCUT2D eigenvalue weighted by Gasteiger charge is -1.94. The lowest BCUT2D eigenvalue weighted by Crippen LogP contribution is -1.98. The Labute approximate surface area is 86.3 Å². The van der Waals surface area contributed by atoms with Gasteiger partial charge in [0.2, 0.25) is 0 Å². The summed E-state index contributed by atoms with van der Waals surface area (Å²) < 4.78 is 5.46. The van der Waals surface area contributed by atoms with Crippen LogP contribution in [-0.4, -0.2) is 11.1 Å². The fourth-order valence-electron chi connectivity index (χ4n) is 1.52. The van der Waals surface area contributed by atoms with E-state index in [1.165, 1.54) is 0 Å². The predicted molar refractivity (Wildman–Crippen MR) is 56.6 cm³/mol. The fraction of sp³-hybridized carbons (Fsp3) is 0.182. The highest BCUT2D eigenvalue weighted by Crippen LogP contribution is 2.28. The van der Waals surface area contributed by atoms with Gasteiger partial charge in [0.25, 0.3) is 0 Å². The molecule has 1 aromatic carbocycles. The third-order valence-corrected chi connectivity index (χ3v) is 2.28. The molecule has 0 fully saturated rings. The number of anilines is 1. The average molecular weight is 205 g/mol. The van der Waals surface area contributed by atoms with Gasteiger partial charge in [-0.25, -0.2) is 0 Å². The summed E-state index contributed by atoms with van der Waals surface area (Å²) in [7, 11) is 0. The number of aryl methyl sites for hydroxylation is 1. The molecular weight excluding hydrogens is 194 g/mol. The number of para-hydroxylation sites is 1. The molecule has 78 valence electrons. The monoisotopic (exact) mass is 205 g/mol. The topological polar surface area (TPSA) is 76.5 Å². The number of hydrogen-bond acceptors (Lipinski definition) is 3. The standard InChI is InChI=1S/C11H11NO3/c12-11-7-3-1-2-4-8(7)15-9(11)5-6-10(13)14/h1-4H,5-6,12H2,(H,13,14). The first kappa shape index (κ1) is 9.58. The van der Waals surface area contributed by atoms with Crippen molar-refractivity contribution in [3.05, 3.63) is 30.0 Å². The van der Waals surface area contributed by atoms with E-state index >= 15 is 0 Å². The summed E-state index contributed by atoms with van der Waals surface area (Å²) in [6, 6.07) is 7.40. The summed E-state index contributed by atoms with van der Waals surface area (Å²) in [5.41, 5.74) is 7.09. The molecule has 15 heavy (non-hydrogen) atoms. The second-order valence-corrected chi connectivity index (χ2v) is 3.33. The van der Waals surface area contributed by atoms with E-state index in [0.717, 1.165) is 5.39 Å². The number of aliphatic carboxylic acids is 1. The van der Waals surface area contributed by atoms with E-state index in [1.807, 2.05) is 24.3 Å². The molecule has 4 nitrogen and oxygen atoms in total. The summed E-state index contributed by atoms with van der Waals surface area (Å²) >= 11 is 0. The number of carboxylic acids is 1. The summed E-state index contributed by atoms with van der Waals surface area (Å²) in [6.07, 6.45) is 0.361. The van der Waals surface area contributed by atoms with Crippen molar-refractivity contribution in [2.45, 2.75) is 12.8 Å². The van der Waals surface area contributed by atoms with E-state index in [2.05, 4.69) is 0 Å². The molecule has 3 N–H and O–H groups in total. The maximum Gasteiger partial charge on any atom is 0.303 e. The Morgan fingerprint density at radius 1 is 1.40 bits per heavy atom. The van der Waals surface area contributed by atoms with Crippen LogP contribution in [0.15, 0.2) is 28.7 Å². The van der Waals surface area contributed by atoms with Crippen molar-refractivity contribution in [3.8, 4) is 0 Å². The maximum atomic E-state index is 10.4. The second-order valence-electron chi connectivity index (χ2n) is 3.33. The molecule has 2 aromatic rings. The molecule has 0 saturated carbocycles. The highest BCUT2D eigenvalue weighted by molar-refractivity contribution is 5.91. The third kappa shape index (κ3) is 1.79. The van der Waals surface area contributed by atoms with Crippen LogP contribution in [0.1, 0.15) is 12.2 Å². The van der Waals surface area contributed by atoms with E-state index in [-0.39, 0.29) is 6.42 Å². The first-order chi connectivity index (χ1) is 7.18. The minimum absolute atomic E-state index is 0.0318. The van der Waals surface area contributed by atoms with Gasteiger partial charge in [0.05, 0.1) is 12.1 Å². The molecular formula is C11H11NO3. The Hall–Kier alpha value is -1.97. The lowest BCUT2D eigenvalue weighted by atomic mass is 10.2. The molecule has 2 rings (SSSR count). The first-order valence-corrected chi connectivity index (χ1v) is 4.66. The van der Waals surface area contributed by atoms with Crippen LogP contribution < -0.4 is 5.73 Å². The minimum atomic E-state index is -0.852. The van der Waals surface area contributed by atoms with Gasteiger partial charge in [-0.3, -0.25) is 4.79 Å². The van der Waals surface area contributed by atoms with Crippen LogP contribution in [0.3, 0.4) is 0 Å². The van der Waals surface area contributed by atoms with Gasteiger partial charge in [0.15, 0.2) is 0 Å². The Morgan fingerprint density at radius 3 is 2.80 bits per heavy atom. The molecule has 1 aromatic heterocycles. The average Bonchev–Trinajstić information content (AvgIpc) is 2.54. The smallest absolute Gasteiger partial charge is 0.303 e. The molecule has 0 aliphatic rings. The van der Waals surface area contributed by atoms with E-state index in [9.17, 15) is 4.79 Å². The van der Waals surface area contributed by atoms with E-state index < -0.39 is 5.97 Å². The first-order valence-electron chi connectivity index (χ1n) is 4.66. The van der Waals surface area contributed by atoms with Crippen molar-refractivity contribution in [2.75, 3.05) is 5.73 Å². The van der Waals surface area contributed by atoms with Gasteiger partial charge in [0.1, 0.15) is 11.3 Å². The zero-order valence-electron chi connectivity index (χ0n) is 8.06. The van der Waals surface area contributed by atoms with Gasteiger partial charge in [-0.1, -0.05) is 12.1 Å². The van der Waals surface area contributed by atoms with Crippen molar-refractivity contribution in [1.82, 2.24) is 0 Å². The number of carboxylic acid groups (broad SMARTS) is 1. The van der Waals surface area contributed by atoms with Gasteiger partial charge in [0, 0.05) is 11.8 Å². The van der Waals surface area contributed by atoms with Crippen molar-refractivity contribution in [1.29, 1.82) is 0 Å². The number of nitrogens with two attached hydrogens (primary N) is 1. The number of nitrogen functional groups attached to an aromatic ring is 1. The SMILES string of the molecule is Nc1c(CCC(=O)O)oc2ccccc12. The summed E-state index contributed by atoms with van der Waals surface area (Å²) in [4.78, 5) is 10.4. The van der Waals surface area contributed by atoms with E-state index in [1.54, 1.807) is 0 Å². The molecule has 0 saturated heterocycles. The maximum absolute atomic E-state index is 10.4. The van der Waals surface area contributed by atoms with Gasteiger partial charge >= 0.3 is 5.97 Å². The fourth-order valence-corrected chi connectivity index (χ4v) is 1.52. The van der Waals surface area contributed by atoms with Gasteiger partial charge in [-0.15, -0.1) is 0 Å². The number of rotatable bonds is 3. The number of furan rings is 1. The molecule has 0 amide bonds. The molecule has 0 radical (unpaired) electrons. The highest BCUT2D eigenvalue weighted by atomic mass is 16.4. The Kier molecular flexibility index (Phi) is 2.33. The van der Waals surface area contributed by atoms with E-state index in [4.69, 9.17) is 15.3 Å². The Balaban J connectivity index is 2.36. The normalized spacial score (nSPS) is 10.7. The number of carbonyl (C=O) groups is 1. The van der Waals surface area contributed by atoms with Gasteiger partial charge in [-0.2, -0.15) is 0 Å². The van der Waals surface area contributed by atoms with Crippen LogP contribution in [0.4, 0.5) is 5.69 Å². The van der Waals surface area contributed by atoms with Crippen LogP contribution in [0.5, 0.6) is 0 Å². The van der Waals surface area contributed by atoms with Crippen LogP contribution in [0, 0.1) is 0 Å². The molecule has 0 unspecified atom stereocenters. The summed E-state index contributed by atoms with van der Waals surface area (Å²) in [6.45, 7) is 0. The summed E-state index contributed by atoms with van der Waals surface area (Å²) in [5.74, 6) is -0.298.